The highest BCUT2D eigenvalue weighted by atomic mass is 16.5. The second-order valence-corrected chi connectivity index (χ2v) is 4.35. The zero-order valence-corrected chi connectivity index (χ0v) is 11.3. The van der Waals surface area contributed by atoms with Crippen LogP contribution in [0.2, 0.25) is 0 Å². The molecule has 102 valence electrons. The van der Waals surface area contributed by atoms with E-state index in [9.17, 15) is 0 Å². The Morgan fingerprint density at radius 3 is 2.75 bits per heavy atom. The summed E-state index contributed by atoms with van der Waals surface area (Å²) in [6, 6.07) is 11.6. The van der Waals surface area contributed by atoms with E-state index >= 15 is 0 Å². The van der Waals surface area contributed by atoms with Crippen molar-refractivity contribution in [2.75, 3.05) is 19.5 Å². The molecule has 0 spiro atoms. The molecule has 20 heavy (non-hydrogen) atoms. The third kappa shape index (κ3) is 1.84. The first-order valence-corrected chi connectivity index (χ1v) is 6.22. The van der Waals surface area contributed by atoms with Crippen LogP contribution in [-0.4, -0.2) is 20.1 Å². The summed E-state index contributed by atoms with van der Waals surface area (Å²) in [5, 5.41) is 5.02. The SMILES string of the molecule is CN=C(N)Nc1c(OC)ccc2oc3ccccc3c12. The largest absolute Gasteiger partial charge is 0.495 e. The van der Waals surface area contributed by atoms with Crippen molar-refractivity contribution in [1.82, 2.24) is 0 Å². The molecule has 0 amide bonds. The van der Waals surface area contributed by atoms with Crippen LogP contribution in [0.1, 0.15) is 0 Å². The van der Waals surface area contributed by atoms with E-state index in [1.165, 1.54) is 0 Å². The van der Waals surface area contributed by atoms with Crippen molar-refractivity contribution in [3.05, 3.63) is 36.4 Å². The monoisotopic (exact) mass is 269 g/mol. The third-order valence-electron chi connectivity index (χ3n) is 3.22. The Morgan fingerprint density at radius 2 is 2.00 bits per heavy atom. The smallest absolute Gasteiger partial charge is 0.192 e. The summed E-state index contributed by atoms with van der Waals surface area (Å²) in [7, 11) is 3.25. The van der Waals surface area contributed by atoms with E-state index in [4.69, 9.17) is 14.9 Å². The fourth-order valence-electron chi connectivity index (χ4n) is 2.28. The number of ether oxygens (including phenoxy) is 1. The van der Waals surface area contributed by atoms with Gasteiger partial charge in [0.25, 0.3) is 0 Å². The predicted octanol–water partition coefficient (Wildman–Crippen LogP) is 2.95. The molecule has 0 aliphatic heterocycles. The maximum atomic E-state index is 5.83. The van der Waals surface area contributed by atoms with Crippen molar-refractivity contribution in [2.24, 2.45) is 10.7 Å². The van der Waals surface area contributed by atoms with E-state index in [-0.39, 0.29) is 0 Å². The van der Waals surface area contributed by atoms with Crippen LogP contribution in [0.5, 0.6) is 5.75 Å². The average Bonchev–Trinajstić information content (AvgIpc) is 2.86. The lowest BCUT2D eigenvalue weighted by atomic mass is 10.1. The Labute approximate surface area is 116 Å². The maximum absolute atomic E-state index is 5.83. The molecule has 3 rings (SSSR count). The molecule has 0 saturated heterocycles. The van der Waals surface area contributed by atoms with Crippen LogP contribution in [0.25, 0.3) is 21.9 Å². The minimum Gasteiger partial charge on any atom is -0.495 e. The lowest BCUT2D eigenvalue weighted by Gasteiger charge is -2.11. The average molecular weight is 269 g/mol. The van der Waals surface area contributed by atoms with Crippen LogP contribution in [0.15, 0.2) is 45.8 Å². The number of aliphatic imine (C=N–C) groups is 1. The van der Waals surface area contributed by atoms with Crippen molar-refractivity contribution < 1.29 is 9.15 Å². The molecule has 2 aromatic carbocycles. The lowest BCUT2D eigenvalue weighted by Crippen LogP contribution is -2.22. The van der Waals surface area contributed by atoms with E-state index in [0.29, 0.717) is 11.7 Å². The Bertz CT molecular complexity index is 805. The summed E-state index contributed by atoms with van der Waals surface area (Å²) >= 11 is 0. The topological polar surface area (TPSA) is 72.8 Å². The zero-order valence-electron chi connectivity index (χ0n) is 11.3. The van der Waals surface area contributed by atoms with Gasteiger partial charge in [0, 0.05) is 12.4 Å². The Balaban J connectivity index is 2.37. The van der Waals surface area contributed by atoms with Crippen LogP contribution < -0.4 is 15.8 Å². The number of hydrogen-bond acceptors (Lipinski definition) is 3. The highest BCUT2D eigenvalue weighted by Gasteiger charge is 2.15. The van der Waals surface area contributed by atoms with E-state index < -0.39 is 0 Å². The number of guanidine groups is 1. The van der Waals surface area contributed by atoms with Gasteiger partial charge in [-0.1, -0.05) is 18.2 Å². The molecule has 0 unspecified atom stereocenters. The highest BCUT2D eigenvalue weighted by Crippen LogP contribution is 2.39. The molecular weight excluding hydrogens is 254 g/mol. The van der Waals surface area contributed by atoms with Crippen molar-refractivity contribution in [1.29, 1.82) is 0 Å². The van der Waals surface area contributed by atoms with E-state index in [0.717, 1.165) is 27.6 Å². The van der Waals surface area contributed by atoms with Crippen molar-refractivity contribution in [2.45, 2.75) is 0 Å². The van der Waals surface area contributed by atoms with Gasteiger partial charge in [0.05, 0.1) is 18.2 Å². The minimum atomic E-state index is 0.320. The van der Waals surface area contributed by atoms with Gasteiger partial charge in [0.2, 0.25) is 0 Å². The number of nitrogens with one attached hydrogen (secondary N) is 1. The molecular formula is C15H15N3O2. The van der Waals surface area contributed by atoms with Gasteiger partial charge in [-0.15, -0.1) is 0 Å². The maximum Gasteiger partial charge on any atom is 0.192 e. The first kappa shape index (κ1) is 12.3. The molecule has 5 heteroatoms. The summed E-state index contributed by atoms with van der Waals surface area (Å²) in [5.41, 5.74) is 8.15. The van der Waals surface area contributed by atoms with E-state index in [1.54, 1.807) is 14.2 Å². The lowest BCUT2D eigenvalue weighted by molar-refractivity contribution is 0.417. The Hall–Kier alpha value is -2.69. The quantitative estimate of drug-likeness (QED) is 0.554. The standard InChI is InChI=1S/C15H15N3O2/c1-17-15(16)18-14-12(19-2)8-7-11-13(14)9-5-3-4-6-10(9)20-11/h3-8H,1-2H3,(H3,16,17,18). The number of methoxy groups -OCH3 is 1. The summed E-state index contributed by atoms with van der Waals surface area (Å²) in [4.78, 5) is 3.93. The second-order valence-electron chi connectivity index (χ2n) is 4.35. The van der Waals surface area contributed by atoms with Gasteiger partial charge >= 0.3 is 0 Å². The van der Waals surface area contributed by atoms with E-state index in [1.807, 2.05) is 36.4 Å². The van der Waals surface area contributed by atoms with Gasteiger partial charge in [0.15, 0.2) is 5.96 Å². The van der Waals surface area contributed by atoms with Crippen molar-refractivity contribution in [3.63, 3.8) is 0 Å². The third-order valence-corrected chi connectivity index (χ3v) is 3.22. The highest BCUT2D eigenvalue weighted by molar-refractivity contribution is 6.15. The molecule has 1 heterocycles. The zero-order chi connectivity index (χ0) is 14.1. The molecule has 0 radical (unpaired) electrons. The van der Waals surface area contributed by atoms with Gasteiger partial charge in [-0.05, 0) is 18.2 Å². The number of nitrogens with two attached hydrogens (primary N) is 1. The number of anilines is 1. The molecule has 0 saturated carbocycles. The first-order chi connectivity index (χ1) is 9.74. The number of furan rings is 1. The summed E-state index contributed by atoms with van der Waals surface area (Å²) in [6.07, 6.45) is 0. The van der Waals surface area contributed by atoms with Crippen LogP contribution in [0.3, 0.4) is 0 Å². The van der Waals surface area contributed by atoms with Crippen molar-refractivity contribution >= 4 is 33.6 Å². The number of fused-ring (bicyclic) bond motifs is 3. The molecule has 3 N–H and O–H groups in total. The summed E-state index contributed by atoms with van der Waals surface area (Å²) in [6.45, 7) is 0. The fourth-order valence-corrected chi connectivity index (χ4v) is 2.28. The number of benzene rings is 2. The number of nitrogens with zero attached hydrogens (tertiary/aromatic N) is 1. The molecule has 0 aliphatic rings. The van der Waals surface area contributed by atoms with Gasteiger partial charge < -0.3 is 20.2 Å². The minimum absolute atomic E-state index is 0.320. The number of para-hydroxylation sites is 1. The number of rotatable bonds is 2. The Morgan fingerprint density at radius 1 is 1.20 bits per heavy atom. The molecule has 0 aliphatic carbocycles. The molecule has 5 nitrogen and oxygen atoms in total. The van der Waals surface area contributed by atoms with Crippen molar-refractivity contribution in [3.8, 4) is 5.75 Å². The second kappa shape index (κ2) is 4.77. The first-order valence-electron chi connectivity index (χ1n) is 6.22. The molecule has 0 bridgehead atoms. The summed E-state index contributed by atoms with van der Waals surface area (Å²) < 4.78 is 11.2. The molecule has 3 aromatic rings. The van der Waals surface area contributed by atoms with Crippen LogP contribution in [0.4, 0.5) is 5.69 Å². The van der Waals surface area contributed by atoms with Crippen LogP contribution in [-0.2, 0) is 0 Å². The number of hydrogen-bond donors (Lipinski definition) is 2. The Kier molecular flexibility index (Phi) is 2.95. The summed E-state index contributed by atoms with van der Waals surface area (Å²) in [5.74, 6) is 1.01. The van der Waals surface area contributed by atoms with Gasteiger partial charge in [-0.2, -0.15) is 0 Å². The molecule has 1 aromatic heterocycles. The van der Waals surface area contributed by atoms with Gasteiger partial charge in [-0.3, -0.25) is 4.99 Å². The fraction of sp³-hybridized carbons (Fsp3) is 0.133. The van der Waals surface area contributed by atoms with E-state index in [2.05, 4.69) is 10.3 Å². The van der Waals surface area contributed by atoms with Crippen LogP contribution >= 0.6 is 0 Å². The van der Waals surface area contributed by atoms with Gasteiger partial charge in [-0.25, -0.2) is 0 Å². The molecule has 0 fully saturated rings. The normalized spacial score (nSPS) is 12.0. The van der Waals surface area contributed by atoms with Crippen LogP contribution in [0, 0.1) is 0 Å². The molecule has 0 atom stereocenters. The van der Waals surface area contributed by atoms with Gasteiger partial charge in [0.1, 0.15) is 16.9 Å². The predicted molar refractivity (Wildman–Crippen MR) is 81.4 cm³/mol.